The van der Waals surface area contributed by atoms with Gasteiger partial charge in [-0.1, -0.05) is 6.92 Å². The first-order valence-electron chi connectivity index (χ1n) is 5.09. The van der Waals surface area contributed by atoms with Crippen LogP contribution in [0.5, 0.6) is 0 Å². The summed E-state index contributed by atoms with van der Waals surface area (Å²) in [4.78, 5) is 11.4. The van der Waals surface area contributed by atoms with Gasteiger partial charge in [-0.3, -0.25) is 4.79 Å². The number of rotatable bonds is 0. The number of hydrogen-bond donors (Lipinski definition) is 2. The zero-order valence-corrected chi connectivity index (χ0v) is 8.64. The van der Waals surface area contributed by atoms with E-state index in [-0.39, 0.29) is 11.9 Å². The van der Waals surface area contributed by atoms with Crippen LogP contribution in [0, 0.1) is 5.92 Å². The molecule has 1 aliphatic rings. The van der Waals surface area contributed by atoms with Crippen LogP contribution in [0.25, 0.3) is 0 Å². The second-order valence-corrected chi connectivity index (χ2v) is 4.03. The molecule has 0 amide bonds. The van der Waals surface area contributed by atoms with Gasteiger partial charge in [-0.15, -0.1) is 0 Å². The average Bonchev–Trinajstić information content (AvgIpc) is 2.17. The number of hydrogen-bond acceptors (Lipinski definition) is 4. The van der Waals surface area contributed by atoms with Gasteiger partial charge in [0.1, 0.15) is 12.2 Å². The summed E-state index contributed by atoms with van der Waals surface area (Å²) in [5.41, 5.74) is 0. The molecule has 1 saturated heterocycles. The third-order valence-corrected chi connectivity index (χ3v) is 2.72. The predicted octanol–water partition coefficient (Wildman–Crippen LogP) is 0.460. The van der Waals surface area contributed by atoms with Crippen molar-refractivity contribution in [2.45, 2.75) is 51.4 Å². The molecule has 2 N–H and O–H groups in total. The van der Waals surface area contributed by atoms with Crippen molar-refractivity contribution in [1.29, 1.82) is 0 Å². The summed E-state index contributed by atoms with van der Waals surface area (Å²) in [6.45, 7) is 3.41. The standard InChI is InChI=1S/C10H18O4/c1-6-4-3-5-8(11)9(12)7(2)14-10(6)13/h6-9,11-12H,3-5H2,1-2H3/t6?,7-,8-,9-/m0/s1. The molecule has 0 aromatic rings. The van der Waals surface area contributed by atoms with Gasteiger partial charge in [-0.05, 0) is 26.2 Å². The van der Waals surface area contributed by atoms with Crippen LogP contribution in [-0.2, 0) is 9.53 Å². The Balaban J connectivity index is 2.66. The zero-order valence-electron chi connectivity index (χ0n) is 8.64. The Morgan fingerprint density at radius 3 is 2.57 bits per heavy atom. The molecule has 0 aromatic carbocycles. The zero-order chi connectivity index (χ0) is 10.7. The quantitative estimate of drug-likeness (QED) is 0.560. The summed E-state index contributed by atoms with van der Waals surface area (Å²) in [5.74, 6) is -0.430. The Morgan fingerprint density at radius 1 is 1.29 bits per heavy atom. The van der Waals surface area contributed by atoms with Gasteiger partial charge < -0.3 is 14.9 Å². The van der Waals surface area contributed by atoms with Crippen molar-refractivity contribution < 1.29 is 19.7 Å². The van der Waals surface area contributed by atoms with E-state index in [4.69, 9.17) is 4.74 Å². The summed E-state index contributed by atoms with van der Waals surface area (Å²) >= 11 is 0. The van der Waals surface area contributed by atoms with Gasteiger partial charge in [0, 0.05) is 0 Å². The minimum absolute atomic E-state index is 0.144. The lowest BCUT2D eigenvalue weighted by atomic mass is 10.0. The highest BCUT2D eigenvalue weighted by Crippen LogP contribution is 2.19. The topological polar surface area (TPSA) is 66.8 Å². The molecule has 82 valence electrons. The number of aliphatic hydroxyl groups excluding tert-OH is 2. The van der Waals surface area contributed by atoms with Crippen LogP contribution in [-0.4, -0.2) is 34.5 Å². The first kappa shape index (κ1) is 11.5. The largest absolute Gasteiger partial charge is 0.460 e. The lowest BCUT2D eigenvalue weighted by molar-refractivity contribution is -0.161. The van der Waals surface area contributed by atoms with E-state index in [9.17, 15) is 15.0 Å². The number of carbonyl (C=O) groups excluding carboxylic acids is 1. The van der Waals surface area contributed by atoms with E-state index in [0.29, 0.717) is 12.8 Å². The van der Waals surface area contributed by atoms with Gasteiger partial charge in [0.05, 0.1) is 12.0 Å². The highest BCUT2D eigenvalue weighted by molar-refractivity contribution is 5.72. The van der Waals surface area contributed by atoms with Crippen LogP contribution in [0.1, 0.15) is 33.1 Å². The molecule has 0 bridgehead atoms. The van der Waals surface area contributed by atoms with E-state index in [1.165, 1.54) is 0 Å². The molecule has 0 saturated carbocycles. The van der Waals surface area contributed by atoms with E-state index in [1.54, 1.807) is 13.8 Å². The normalized spacial score (nSPS) is 40.7. The van der Waals surface area contributed by atoms with Crippen molar-refractivity contribution in [3.05, 3.63) is 0 Å². The van der Waals surface area contributed by atoms with E-state index in [0.717, 1.165) is 6.42 Å². The number of aliphatic hydroxyl groups is 2. The Labute approximate surface area is 83.9 Å². The molecule has 0 aliphatic carbocycles. The molecule has 4 atom stereocenters. The van der Waals surface area contributed by atoms with Gasteiger partial charge in [-0.25, -0.2) is 0 Å². The highest BCUT2D eigenvalue weighted by Gasteiger charge is 2.29. The molecule has 0 spiro atoms. The minimum Gasteiger partial charge on any atom is -0.460 e. The van der Waals surface area contributed by atoms with Crippen molar-refractivity contribution in [1.82, 2.24) is 0 Å². The number of ether oxygens (including phenoxy) is 1. The third kappa shape index (κ3) is 2.69. The maximum absolute atomic E-state index is 11.4. The smallest absolute Gasteiger partial charge is 0.309 e. The molecule has 4 nitrogen and oxygen atoms in total. The Bertz CT molecular complexity index is 204. The molecule has 1 unspecified atom stereocenters. The van der Waals surface area contributed by atoms with E-state index >= 15 is 0 Å². The lowest BCUT2D eigenvalue weighted by Crippen LogP contribution is -2.38. The molecular weight excluding hydrogens is 184 g/mol. The van der Waals surface area contributed by atoms with Crippen molar-refractivity contribution in [3.8, 4) is 0 Å². The first-order valence-corrected chi connectivity index (χ1v) is 5.09. The molecule has 4 heteroatoms. The van der Waals surface area contributed by atoms with Gasteiger partial charge in [0.2, 0.25) is 0 Å². The van der Waals surface area contributed by atoms with Crippen molar-refractivity contribution in [2.75, 3.05) is 0 Å². The lowest BCUT2D eigenvalue weighted by Gasteiger charge is -2.22. The minimum atomic E-state index is -0.968. The third-order valence-electron chi connectivity index (χ3n) is 2.72. The van der Waals surface area contributed by atoms with Crippen LogP contribution in [0.3, 0.4) is 0 Å². The van der Waals surface area contributed by atoms with E-state index in [1.807, 2.05) is 0 Å². The highest BCUT2D eigenvalue weighted by atomic mass is 16.6. The van der Waals surface area contributed by atoms with Gasteiger partial charge in [-0.2, -0.15) is 0 Å². The Morgan fingerprint density at radius 2 is 1.93 bits per heavy atom. The van der Waals surface area contributed by atoms with Crippen molar-refractivity contribution in [3.63, 3.8) is 0 Å². The monoisotopic (exact) mass is 202 g/mol. The van der Waals surface area contributed by atoms with Crippen LogP contribution in [0.2, 0.25) is 0 Å². The number of cyclic esters (lactones) is 1. The summed E-state index contributed by atoms with van der Waals surface area (Å²) in [6, 6.07) is 0. The fourth-order valence-corrected chi connectivity index (χ4v) is 1.60. The van der Waals surface area contributed by atoms with Crippen LogP contribution in [0.15, 0.2) is 0 Å². The summed E-state index contributed by atoms with van der Waals surface area (Å²) in [7, 11) is 0. The van der Waals surface area contributed by atoms with E-state index in [2.05, 4.69) is 0 Å². The molecule has 14 heavy (non-hydrogen) atoms. The average molecular weight is 202 g/mol. The second-order valence-electron chi connectivity index (χ2n) is 4.03. The maximum atomic E-state index is 11.4. The summed E-state index contributed by atoms with van der Waals surface area (Å²) in [6.07, 6.45) is -0.423. The summed E-state index contributed by atoms with van der Waals surface area (Å²) in [5, 5.41) is 19.1. The first-order chi connectivity index (χ1) is 6.52. The van der Waals surface area contributed by atoms with E-state index < -0.39 is 18.3 Å². The maximum Gasteiger partial charge on any atom is 0.309 e. The number of carbonyl (C=O) groups is 1. The van der Waals surface area contributed by atoms with Crippen LogP contribution >= 0.6 is 0 Å². The van der Waals surface area contributed by atoms with Gasteiger partial charge in [0.25, 0.3) is 0 Å². The molecule has 1 rings (SSSR count). The van der Waals surface area contributed by atoms with Crippen molar-refractivity contribution >= 4 is 5.97 Å². The SMILES string of the molecule is CC1CCC[C@H](O)[C@@H](O)[C@H](C)OC1=O. The van der Waals surface area contributed by atoms with Crippen LogP contribution in [0.4, 0.5) is 0 Å². The molecule has 0 radical (unpaired) electrons. The van der Waals surface area contributed by atoms with Crippen molar-refractivity contribution in [2.24, 2.45) is 5.92 Å². The summed E-state index contributed by atoms with van der Waals surface area (Å²) < 4.78 is 5.02. The van der Waals surface area contributed by atoms with Gasteiger partial charge in [0.15, 0.2) is 0 Å². The Kier molecular flexibility index (Phi) is 3.89. The number of esters is 1. The fraction of sp³-hybridized carbons (Fsp3) is 0.900. The Hall–Kier alpha value is -0.610. The second kappa shape index (κ2) is 4.75. The molecule has 1 heterocycles. The molecule has 1 fully saturated rings. The molecule has 0 aromatic heterocycles. The fourth-order valence-electron chi connectivity index (χ4n) is 1.60. The molecular formula is C10H18O4. The predicted molar refractivity (Wildman–Crippen MR) is 50.6 cm³/mol. The molecule has 1 aliphatic heterocycles. The van der Waals surface area contributed by atoms with Gasteiger partial charge >= 0.3 is 5.97 Å². The van der Waals surface area contributed by atoms with Crippen LogP contribution < -0.4 is 0 Å².